The van der Waals surface area contributed by atoms with Crippen LogP contribution in [0.3, 0.4) is 0 Å². The molecule has 0 unspecified atom stereocenters. The number of aliphatic carboxylic acids is 1. The van der Waals surface area contributed by atoms with E-state index in [2.05, 4.69) is 15.9 Å². The fourth-order valence-corrected chi connectivity index (χ4v) is 3.73. The molecule has 0 saturated carbocycles. The lowest BCUT2D eigenvalue weighted by molar-refractivity contribution is -0.136. The van der Waals surface area contributed by atoms with Crippen molar-refractivity contribution in [3.8, 4) is 0 Å². The maximum absolute atomic E-state index is 12.0. The summed E-state index contributed by atoms with van der Waals surface area (Å²) in [4.78, 5) is 25.3. The Bertz CT molecular complexity index is 436. The number of carboxylic acid groups (broad SMARTS) is 1. The number of hydrogen-bond donors (Lipinski definition) is 1. The third kappa shape index (κ3) is 6.44. The SMILES string of the molecule is CCN(Cc1ccc(Br)s1)C(=O)CSCCC(=O)O. The smallest absolute Gasteiger partial charge is 0.304 e. The maximum Gasteiger partial charge on any atom is 0.304 e. The third-order valence-electron chi connectivity index (χ3n) is 2.40. The largest absolute Gasteiger partial charge is 0.481 e. The average Bonchev–Trinajstić information content (AvgIpc) is 2.76. The Balaban J connectivity index is 2.37. The molecule has 106 valence electrons. The van der Waals surface area contributed by atoms with Crippen LogP contribution in [0.5, 0.6) is 0 Å². The lowest BCUT2D eigenvalue weighted by Crippen LogP contribution is -2.31. The van der Waals surface area contributed by atoms with Gasteiger partial charge in [-0.05, 0) is 35.0 Å². The molecule has 0 bridgehead atoms. The van der Waals surface area contributed by atoms with Gasteiger partial charge in [-0.2, -0.15) is 11.8 Å². The number of carboxylic acids is 1. The summed E-state index contributed by atoms with van der Waals surface area (Å²) in [7, 11) is 0. The van der Waals surface area contributed by atoms with Gasteiger partial charge in [-0.25, -0.2) is 0 Å². The van der Waals surface area contributed by atoms with Crippen LogP contribution in [0.15, 0.2) is 15.9 Å². The van der Waals surface area contributed by atoms with E-state index >= 15 is 0 Å². The first-order valence-corrected chi connectivity index (χ1v) is 8.61. The number of carbonyl (C=O) groups is 2. The summed E-state index contributed by atoms with van der Waals surface area (Å²) in [5, 5.41) is 8.52. The molecule has 1 heterocycles. The lowest BCUT2D eigenvalue weighted by atomic mass is 10.4. The first-order chi connectivity index (χ1) is 9.02. The van der Waals surface area contributed by atoms with Crippen LogP contribution in [0.1, 0.15) is 18.2 Å². The summed E-state index contributed by atoms with van der Waals surface area (Å²) >= 11 is 6.39. The molecule has 0 aromatic carbocycles. The minimum Gasteiger partial charge on any atom is -0.481 e. The Morgan fingerprint density at radius 1 is 1.47 bits per heavy atom. The Hall–Kier alpha value is -0.530. The Morgan fingerprint density at radius 3 is 2.74 bits per heavy atom. The molecule has 0 atom stereocenters. The molecule has 1 amide bonds. The topological polar surface area (TPSA) is 57.6 Å². The van der Waals surface area contributed by atoms with Gasteiger partial charge in [0.1, 0.15) is 0 Å². The van der Waals surface area contributed by atoms with Crippen molar-refractivity contribution in [2.45, 2.75) is 19.9 Å². The number of rotatable bonds is 8. The van der Waals surface area contributed by atoms with Gasteiger partial charge >= 0.3 is 5.97 Å². The van der Waals surface area contributed by atoms with Crippen LogP contribution in [-0.4, -0.2) is 39.9 Å². The minimum absolute atomic E-state index is 0.0578. The van der Waals surface area contributed by atoms with Crippen LogP contribution in [-0.2, 0) is 16.1 Å². The Kier molecular flexibility index (Phi) is 7.48. The quantitative estimate of drug-likeness (QED) is 0.719. The number of amides is 1. The van der Waals surface area contributed by atoms with Crippen molar-refractivity contribution in [1.82, 2.24) is 4.90 Å². The summed E-state index contributed by atoms with van der Waals surface area (Å²) < 4.78 is 1.06. The van der Waals surface area contributed by atoms with Gasteiger partial charge in [-0.15, -0.1) is 11.3 Å². The van der Waals surface area contributed by atoms with E-state index in [4.69, 9.17) is 5.11 Å². The highest BCUT2D eigenvalue weighted by atomic mass is 79.9. The third-order valence-corrected chi connectivity index (χ3v) is 4.95. The molecule has 0 radical (unpaired) electrons. The van der Waals surface area contributed by atoms with Crippen molar-refractivity contribution in [1.29, 1.82) is 0 Å². The predicted octanol–water partition coefficient (Wildman–Crippen LogP) is 3.07. The van der Waals surface area contributed by atoms with Crippen molar-refractivity contribution >= 4 is 50.9 Å². The number of carbonyl (C=O) groups excluding carboxylic acids is 1. The zero-order valence-electron chi connectivity index (χ0n) is 10.6. The highest BCUT2D eigenvalue weighted by molar-refractivity contribution is 9.11. The molecule has 1 N–H and O–H groups in total. The molecule has 0 aliphatic rings. The fourth-order valence-electron chi connectivity index (χ4n) is 1.41. The second kappa shape index (κ2) is 8.60. The van der Waals surface area contributed by atoms with Gasteiger partial charge in [-0.1, -0.05) is 0 Å². The first-order valence-electron chi connectivity index (χ1n) is 5.84. The maximum atomic E-state index is 12.0. The molecule has 1 rings (SSSR count). The van der Waals surface area contributed by atoms with Gasteiger partial charge in [0.15, 0.2) is 0 Å². The molecular formula is C12H16BrNO3S2. The van der Waals surface area contributed by atoms with Crippen molar-refractivity contribution in [2.75, 3.05) is 18.1 Å². The monoisotopic (exact) mass is 365 g/mol. The summed E-state index contributed by atoms with van der Waals surface area (Å²) in [6.07, 6.45) is 0.0991. The summed E-state index contributed by atoms with van der Waals surface area (Å²) in [5.41, 5.74) is 0. The van der Waals surface area contributed by atoms with Gasteiger partial charge in [0.25, 0.3) is 0 Å². The number of thioether (sulfide) groups is 1. The van der Waals surface area contributed by atoms with Crippen LogP contribution < -0.4 is 0 Å². The van der Waals surface area contributed by atoms with E-state index in [-0.39, 0.29) is 12.3 Å². The van der Waals surface area contributed by atoms with E-state index in [9.17, 15) is 9.59 Å². The number of nitrogens with zero attached hydrogens (tertiary/aromatic N) is 1. The van der Waals surface area contributed by atoms with Crippen LogP contribution >= 0.6 is 39.0 Å². The molecular weight excluding hydrogens is 350 g/mol. The van der Waals surface area contributed by atoms with Crippen molar-refractivity contribution in [2.24, 2.45) is 0 Å². The predicted molar refractivity (Wildman–Crippen MR) is 82.7 cm³/mol. The molecule has 0 aliphatic heterocycles. The fraction of sp³-hybridized carbons (Fsp3) is 0.500. The van der Waals surface area contributed by atoms with Gasteiger partial charge in [0.05, 0.1) is 22.5 Å². The van der Waals surface area contributed by atoms with Gasteiger partial charge in [0.2, 0.25) is 5.91 Å². The number of hydrogen-bond acceptors (Lipinski definition) is 4. The Morgan fingerprint density at radius 2 is 2.21 bits per heavy atom. The highest BCUT2D eigenvalue weighted by Gasteiger charge is 2.13. The Labute approximate surface area is 129 Å². The van der Waals surface area contributed by atoms with Crippen molar-refractivity contribution in [3.63, 3.8) is 0 Å². The molecule has 1 aromatic rings. The van der Waals surface area contributed by atoms with Crippen LogP contribution in [0.25, 0.3) is 0 Å². The summed E-state index contributed by atoms with van der Waals surface area (Å²) in [6, 6.07) is 3.97. The zero-order valence-corrected chi connectivity index (χ0v) is 13.8. The molecule has 7 heteroatoms. The average molecular weight is 366 g/mol. The molecule has 0 spiro atoms. The second-order valence-electron chi connectivity index (χ2n) is 3.81. The van der Waals surface area contributed by atoms with E-state index < -0.39 is 5.97 Å². The van der Waals surface area contributed by atoms with Crippen molar-refractivity contribution in [3.05, 3.63) is 20.8 Å². The van der Waals surface area contributed by atoms with Gasteiger partial charge in [-0.3, -0.25) is 9.59 Å². The molecule has 19 heavy (non-hydrogen) atoms. The standard InChI is InChI=1S/C12H16BrNO3S2/c1-2-14(7-9-3-4-10(13)19-9)11(15)8-18-6-5-12(16)17/h3-4H,2,5-8H2,1H3,(H,16,17). The normalized spacial score (nSPS) is 10.4. The zero-order chi connectivity index (χ0) is 14.3. The van der Waals surface area contributed by atoms with E-state index in [0.717, 1.165) is 8.66 Å². The number of halogens is 1. The number of thiophene rings is 1. The molecule has 4 nitrogen and oxygen atoms in total. The molecule has 0 saturated heterocycles. The van der Waals surface area contributed by atoms with Gasteiger partial charge in [0, 0.05) is 17.2 Å². The second-order valence-corrected chi connectivity index (χ2v) is 7.46. The summed E-state index contributed by atoms with van der Waals surface area (Å²) in [6.45, 7) is 3.22. The van der Waals surface area contributed by atoms with Gasteiger partial charge < -0.3 is 10.0 Å². The lowest BCUT2D eigenvalue weighted by Gasteiger charge is -2.19. The van der Waals surface area contributed by atoms with E-state index in [1.54, 1.807) is 16.2 Å². The molecule has 0 aliphatic carbocycles. The van der Waals surface area contributed by atoms with Crippen molar-refractivity contribution < 1.29 is 14.7 Å². The van der Waals surface area contributed by atoms with E-state index in [1.807, 2.05) is 19.1 Å². The van der Waals surface area contributed by atoms with E-state index in [1.165, 1.54) is 11.8 Å². The molecule has 1 aromatic heterocycles. The first kappa shape index (κ1) is 16.5. The van der Waals surface area contributed by atoms with Crippen LogP contribution in [0.4, 0.5) is 0 Å². The van der Waals surface area contributed by atoms with Crippen LogP contribution in [0.2, 0.25) is 0 Å². The molecule has 0 fully saturated rings. The van der Waals surface area contributed by atoms with E-state index in [0.29, 0.717) is 24.6 Å². The summed E-state index contributed by atoms with van der Waals surface area (Å²) in [5.74, 6) is 0.0507. The minimum atomic E-state index is -0.823. The highest BCUT2D eigenvalue weighted by Crippen LogP contribution is 2.23. The van der Waals surface area contributed by atoms with Crippen LogP contribution in [0, 0.1) is 0 Å².